The number of benzene rings is 1. The number of carbonyl (C=O) groups excluding carboxylic acids is 1. The second kappa shape index (κ2) is 6.18. The van der Waals surface area contributed by atoms with Gasteiger partial charge in [-0.25, -0.2) is 9.78 Å². The van der Waals surface area contributed by atoms with Crippen LogP contribution in [-0.2, 0) is 22.5 Å². The number of esters is 1. The van der Waals surface area contributed by atoms with E-state index >= 15 is 0 Å². The zero-order valence-corrected chi connectivity index (χ0v) is 13.9. The first-order chi connectivity index (χ1) is 10.6. The molecule has 0 unspecified atom stereocenters. The molecule has 0 fully saturated rings. The van der Waals surface area contributed by atoms with E-state index in [9.17, 15) is 4.79 Å². The highest BCUT2D eigenvalue weighted by atomic mass is 32.1. The van der Waals surface area contributed by atoms with Gasteiger partial charge in [0.05, 0.1) is 36.0 Å². The summed E-state index contributed by atoms with van der Waals surface area (Å²) in [6.45, 7) is 7.55. The van der Waals surface area contributed by atoms with Crippen molar-refractivity contribution in [2.45, 2.75) is 33.8 Å². The van der Waals surface area contributed by atoms with Crippen molar-refractivity contribution in [1.82, 2.24) is 4.98 Å². The van der Waals surface area contributed by atoms with E-state index in [4.69, 9.17) is 14.5 Å². The second-order valence-electron chi connectivity index (χ2n) is 5.39. The van der Waals surface area contributed by atoms with Crippen LogP contribution in [0.4, 0.5) is 0 Å². The minimum atomic E-state index is -0.272. The summed E-state index contributed by atoms with van der Waals surface area (Å²) in [6.07, 6.45) is 0.863. The molecule has 1 aliphatic rings. The molecular formula is C17H19NO3S. The average Bonchev–Trinajstić information content (AvgIpc) is 2.91. The summed E-state index contributed by atoms with van der Waals surface area (Å²) in [4.78, 5) is 18.0. The first-order valence-electron chi connectivity index (χ1n) is 7.45. The van der Waals surface area contributed by atoms with Crippen molar-refractivity contribution >= 4 is 17.3 Å². The molecule has 0 atom stereocenters. The molecule has 0 saturated heterocycles. The third-order valence-electron chi connectivity index (χ3n) is 3.79. The number of fused-ring (bicyclic) bond motifs is 1. The summed E-state index contributed by atoms with van der Waals surface area (Å²) in [5, 5.41) is 0.957. The van der Waals surface area contributed by atoms with E-state index in [1.165, 1.54) is 4.88 Å². The highest BCUT2D eigenvalue weighted by Crippen LogP contribution is 2.34. The van der Waals surface area contributed by atoms with Gasteiger partial charge in [0.1, 0.15) is 5.01 Å². The van der Waals surface area contributed by atoms with Crippen molar-refractivity contribution in [3.63, 3.8) is 0 Å². The number of carbonyl (C=O) groups is 1. The van der Waals surface area contributed by atoms with Crippen molar-refractivity contribution in [3.05, 3.63) is 39.4 Å². The van der Waals surface area contributed by atoms with Gasteiger partial charge in [0.15, 0.2) is 0 Å². The van der Waals surface area contributed by atoms with E-state index in [0.717, 1.165) is 40.4 Å². The molecule has 1 aromatic carbocycles. The maximum Gasteiger partial charge on any atom is 0.338 e. The fourth-order valence-corrected chi connectivity index (χ4v) is 3.78. The van der Waals surface area contributed by atoms with Crippen LogP contribution < -0.4 is 0 Å². The van der Waals surface area contributed by atoms with Crippen molar-refractivity contribution < 1.29 is 14.3 Å². The van der Waals surface area contributed by atoms with Crippen LogP contribution in [-0.4, -0.2) is 24.2 Å². The fraction of sp³-hybridized carbons (Fsp3) is 0.412. The van der Waals surface area contributed by atoms with Gasteiger partial charge >= 0.3 is 5.97 Å². The lowest BCUT2D eigenvalue weighted by molar-refractivity contribution is 0.0525. The monoisotopic (exact) mass is 317 g/mol. The summed E-state index contributed by atoms with van der Waals surface area (Å²) in [6, 6.07) is 3.94. The molecule has 0 radical (unpaired) electrons. The Bertz CT molecular complexity index is 697. The van der Waals surface area contributed by atoms with Crippen LogP contribution in [0.2, 0.25) is 0 Å². The molecule has 0 N–H and O–H groups in total. The number of ether oxygens (including phenoxy) is 2. The van der Waals surface area contributed by atoms with Gasteiger partial charge in [-0.3, -0.25) is 0 Å². The van der Waals surface area contributed by atoms with Crippen molar-refractivity contribution in [1.29, 1.82) is 0 Å². The normalized spacial score (nSPS) is 13.8. The second-order valence-corrected chi connectivity index (χ2v) is 6.48. The molecular weight excluding hydrogens is 298 g/mol. The first kappa shape index (κ1) is 15.2. The maximum atomic E-state index is 12.1. The molecule has 2 heterocycles. The summed E-state index contributed by atoms with van der Waals surface area (Å²) in [5.74, 6) is -0.272. The van der Waals surface area contributed by atoms with Gasteiger partial charge in [-0.2, -0.15) is 0 Å². The van der Waals surface area contributed by atoms with Gasteiger partial charge in [0.2, 0.25) is 0 Å². The molecule has 5 heteroatoms. The minimum absolute atomic E-state index is 0.272. The van der Waals surface area contributed by atoms with Gasteiger partial charge in [-0.05, 0) is 38.0 Å². The van der Waals surface area contributed by atoms with Crippen LogP contribution in [0.1, 0.15) is 39.0 Å². The van der Waals surface area contributed by atoms with Crippen LogP contribution in [0.15, 0.2) is 12.1 Å². The maximum absolute atomic E-state index is 12.1. The lowest BCUT2D eigenvalue weighted by Gasteiger charge is -2.10. The minimum Gasteiger partial charge on any atom is -0.462 e. The Hall–Kier alpha value is -1.72. The third kappa shape index (κ3) is 2.78. The molecule has 1 aromatic heterocycles. The third-order valence-corrected chi connectivity index (χ3v) is 4.90. The Balaban J connectivity index is 2.04. The van der Waals surface area contributed by atoms with Crippen LogP contribution in [0, 0.1) is 13.8 Å². The van der Waals surface area contributed by atoms with Gasteiger partial charge in [-0.15, -0.1) is 11.3 Å². The molecule has 1 aliphatic heterocycles. The Labute approximate surface area is 134 Å². The molecule has 2 aromatic rings. The molecule has 0 saturated carbocycles. The van der Waals surface area contributed by atoms with E-state index in [0.29, 0.717) is 18.8 Å². The number of aryl methyl sites for hydroxylation is 2. The van der Waals surface area contributed by atoms with E-state index in [1.807, 2.05) is 32.9 Å². The molecule has 0 amide bonds. The SMILES string of the molecule is CCOC(=O)c1cc(-c2nc3c(s2)COCC3)c(C)cc1C. The van der Waals surface area contributed by atoms with Crippen molar-refractivity contribution in [3.8, 4) is 10.6 Å². The molecule has 0 bridgehead atoms. The van der Waals surface area contributed by atoms with Crippen molar-refractivity contribution in [2.24, 2.45) is 0 Å². The Morgan fingerprint density at radius 2 is 2.18 bits per heavy atom. The largest absolute Gasteiger partial charge is 0.462 e. The number of rotatable bonds is 3. The predicted octanol–water partition coefficient (Wildman–Crippen LogP) is 3.68. The van der Waals surface area contributed by atoms with Crippen LogP contribution in [0.3, 0.4) is 0 Å². The quantitative estimate of drug-likeness (QED) is 0.810. The highest BCUT2D eigenvalue weighted by molar-refractivity contribution is 7.15. The average molecular weight is 317 g/mol. The molecule has 4 nitrogen and oxygen atoms in total. The number of hydrogen-bond acceptors (Lipinski definition) is 5. The zero-order valence-electron chi connectivity index (χ0n) is 13.1. The Morgan fingerprint density at radius 1 is 1.36 bits per heavy atom. The lowest BCUT2D eigenvalue weighted by atomic mass is 10.0. The Kier molecular flexibility index (Phi) is 4.27. The fourth-order valence-electron chi connectivity index (χ4n) is 2.65. The van der Waals surface area contributed by atoms with E-state index in [-0.39, 0.29) is 5.97 Å². The molecule has 22 heavy (non-hydrogen) atoms. The first-order valence-corrected chi connectivity index (χ1v) is 8.27. The van der Waals surface area contributed by atoms with Gasteiger partial charge < -0.3 is 9.47 Å². The van der Waals surface area contributed by atoms with Gasteiger partial charge in [0.25, 0.3) is 0 Å². The summed E-state index contributed by atoms with van der Waals surface area (Å²) >= 11 is 1.65. The van der Waals surface area contributed by atoms with Crippen molar-refractivity contribution in [2.75, 3.05) is 13.2 Å². The van der Waals surface area contributed by atoms with E-state index < -0.39 is 0 Å². The summed E-state index contributed by atoms with van der Waals surface area (Å²) in [7, 11) is 0. The van der Waals surface area contributed by atoms with E-state index in [2.05, 4.69) is 0 Å². The van der Waals surface area contributed by atoms with E-state index in [1.54, 1.807) is 11.3 Å². The Morgan fingerprint density at radius 3 is 2.91 bits per heavy atom. The van der Waals surface area contributed by atoms with Crippen LogP contribution in [0.25, 0.3) is 10.6 Å². The predicted molar refractivity (Wildman–Crippen MR) is 86.3 cm³/mol. The molecule has 116 valence electrons. The molecule has 0 spiro atoms. The summed E-state index contributed by atoms with van der Waals surface area (Å²) in [5.41, 5.74) is 4.81. The highest BCUT2D eigenvalue weighted by Gasteiger charge is 2.19. The number of hydrogen-bond donors (Lipinski definition) is 0. The van der Waals surface area contributed by atoms with Gasteiger partial charge in [-0.1, -0.05) is 6.07 Å². The number of nitrogens with zero attached hydrogens (tertiary/aromatic N) is 1. The molecule has 3 rings (SSSR count). The van der Waals surface area contributed by atoms with Gasteiger partial charge in [0, 0.05) is 12.0 Å². The summed E-state index contributed by atoms with van der Waals surface area (Å²) < 4.78 is 10.6. The molecule has 0 aliphatic carbocycles. The number of thiazole rings is 1. The standard InChI is InChI=1S/C17H19NO3S/c1-4-21-17(19)13-8-12(10(2)7-11(13)3)16-18-14-5-6-20-9-15(14)22-16/h7-8H,4-6,9H2,1-3H3. The van der Waals surface area contributed by atoms with Crippen LogP contribution >= 0.6 is 11.3 Å². The number of aromatic nitrogens is 1. The lowest BCUT2D eigenvalue weighted by Crippen LogP contribution is -2.08. The zero-order chi connectivity index (χ0) is 15.7. The van der Waals surface area contributed by atoms with Crippen LogP contribution in [0.5, 0.6) is 0 Å². The smallest absolute Gasteiger partial charge is 0.338 e. The topological polar surface area (TPSA) is 48.4 Å².